The van der Waals surface area contributed by atoms with Gasteiger partial charge in [0.05, 0.1) is 17.6 Å². The van der Waals surface area contributed by atoms with Crippen LogP contribution in [0.25, 0.3) is 17.1 Å². The number of hydroxylamine groups is 1. The van der Waals surface area contributed by atoms with Crippen LogP contribution in [0.5, 0.6) is 0 Å². The number of H-pyrrole nitrogens is 1. The monoisotopic (exact) mass is 406 g/mol. The van der Waals surface area contributed by atoms with E-state index < -0.39 is 5.91 Å². The fourth-order valence-corrected chi connectivity index (χ4v) is 4.23. The number of hydrogen-bond donors (Lipinski definition) is 4. The van der Waals surface area contributed by atoms with Crippen LogP contribution in [0.3, 0.4) is 0 Å². The van der Waals surface area contributed by atoms with Crippen molar-refractivity contribution in [3.05, 3.63) is 71.1 Å². The van der Waals surface area contributed by atoms with Crippen molar-refractivity contribution in [3.8, 4) is 0 Å². The molecule has 1 heterocycles. The molecule has 0 radical (unpaired) electrons. The van der Waals surface area contributed by atoms with Gasteiger partial charge in [0.1, 0.15) is 5.82 Å². The average molecular weight is 406 g/mol. The molecule has 7 heteroatoms. The van der Waals surface area contributed by atoms with Gasteiger partial charge in [-0.15, -0.1) is 0 Å². The summed E-state index contributed by atoms with van der Waals surface area (Å²) in [5, 5.41) is 18.2. The molecular formula is C23H26N4O3. The highest BCUT2D eigenvalue weighted by atomic mass is 16.5. The minimum Gasteiger partial charge on any atom is -0.395 e. The molecule has 0 saturated heterocycles. The summed E-state index contributed by atoms with van der Waals surface area (Å²) >= 11 is 0. The molecule has 1 aromatic heterocycles. The first-order chi connectivity index (χ1) is 14.7. The number of imidazole rings is 1. The Labute approximate surface area is 175 Å². The van der Waals surface area contributed by atoms with E-state index in [1.165, 1.54) is 17.2 Å². The molecule has 1 unspecified atom stereocenters. The number of benzene rings is 2. The second-order valence-electron chi connectivity index (χ2n) is 7.53. The number of aryl methyl sites for hydroxylation is 1. The van der Waals surface area contributed by atoms with Gasteiger partial charge < -0.3 is 10.1 Å². The van der Waals surface area contributed by atoms with Crippen molar-refractivity contribution >= 4 is 23.0 Å². The summed E-state index contributed by atoms with van der Waals surface area (Å²) in [6, 6.07) is 14.5. The largest absolute Gasteiger partial charge is 0.395 e. The van der Waals surface area contributed by atoms with Crippen LogP contribution in [-0.2, 0) is 17.6 Å². The zero-order valence-corrected chi connectivity index (χ0v) is 16.7. The van der Waals surface area contributed by atoms with Crippen LogP contribution >= 0.6 is 0 Å². The lowest BCUT2D eigenvalue weighted by molar-refractivity contribution is -0.124. The van der Waals surface area contributed by atoms with E-state index in [1.54, 1.807) is 11.6 Å². The molecule has 3 aromatic rings. The Bertz CT molecular complexity index is 1030. The molecule has 0 fully saturated rings. The van der Waals surface area contributed by atoms with E-state index in [0.717, 1.165) is 48.2 Å². The summed E-state index contributed by atoms with van der Waals surface area (Å²) in [6.45, 7) is 1.54. The summed E-state index contributed by atoms with van der Waals surface area (Å²) in [6.07, 6.45) is 5.74. The molecule has 7 nitrogen and oxygen atoms in total. The van der Waals surface area contributed by atoms with Gasteiger partial charge in [-0.2, -0.15) is 0 Å². The van der Waals surface area contributed by atoms with E-state index in [1.807, 2.05) is 30.3 Å². The van der Waals surface area contributed by atoms with Crippen molar-refractivity contribution in [3.63, 3.8) is 0 Å². The molecule has 1 amide bonds. The third-order valence-corrected chi connectivity index (χ3v) is 5.65. The quantitative estimate of drug-likeness (QED) is 0.262. The first-order valence-corrected chi connectivity index (χ1v) is 10.2. The lowest BCUT2D eigenvalue weighted by Gasteiger charge is -2.28. The van der Waals surface area contributed by atoms with Gasteiger partial charge in [0.25, 0.3) is 5.91 Å². The highest BCUT2D eigenvalue weighted by molar-refractivity contribution is 5.90. The number of nitrogens with zero attached hydrogens (tertiary/aromatic N) is 2. The maximum atomic E-state index is 11.2. The Balaban J connectivity index is 1.47. The van der Waals surface area contributed by atoms with Crippen molar-refractivity contribution in [1.82, 2.24) is 20.3 Å². The Morgan fingerprint density at radius 1 is 1.27 bits per heavy atom. The molecule has 0 saturated carbocycles. The lowest BCUT2D eigenvalue weighted by Crippen LogP contribution is -2.32. The standard InChI is InChI=1S/C23H26N4O3/c28-14-13-27(12-11-22-24-19-3-1-2-4-20(19)25-22)21-9-7-17-15-16(5-8-18(17)21)6-10-23(29)26-30/h1-6,8,10,15,21,28,30H,7,9,11-14H2,(H,24,25)(H,26,29). The van der Waals surface area contributed by atoms with E-state index in [0.29, 0.717) is 6.54 Å². The van der Waals surface area contributed by atoms with Crippen LogP contribution in [0, 0.1) is 0 Å². The van der Waals surface area contributed by atoms with Crippen molar-refractivity contribution in [2.45, 2.75) is 25.3 Å². The molecule has 1 aliphatic rings. The number of aliphatic hydroxyl groups is 1. The SMILES string of the molecule is O=C(C=Cc1ccc2c(c1)CCC2N(CCO)CCc1nc2ccccc2[nH]1)NO. The Morgan fingerprint density at radius 3 is 2.93 bits per heavy atom. The number of aliphatic hydroxyl groups excluding tert-OH is 1. The summed E-state index contributed by atoms with van der Waals surface area (Å²) < 4.78 is 0. The molecule has 1 atom stereocenters. The fraction of sp³-hybridized carbons (Fsp3) is 0.304. The lowest BCUT2D eigenvalue weighted by atomic mass is 10.0. The van der Waals surface area contributed by atoms with Crippen molar-refractivity contribution < 1.29 is 15.1 Å². The highest BCUT2D eigenvalue weighted by Gasteiger charge is 2.27. The Hall–Kier alpha value is -3.00. The number of amides is 1. The van der Waals surface area contributed by atoms with Gasteiger partial charge in [0, 0.05) is 31.6 Å². The second kappa shape index (κ2) is 9.21. The number of rotatable bonds is 8. The number of fused-ring (bicyclic) bond motifs is 2. The normalized spacial score (nSPS) is 15.9. The van der Waals surface area contributed by atoms with Crippen molar-refractivity contribution in [2.75, 3.05) is 19.7 Å². The van der Waals surface area contributed by atoms with Gasteiger partial charge >= 0.3 is 0 Å². The molecular weight excluding hydrogens is 380 g/mol. The van der Waals surface area contributed by atoms with E-state index >= 15 is 0 Å². The molecule has 4 N–H and O–H groups in total. The topological polar surface area (TPSA) is 101 Å². The number of carbonyl (C=O) groups is 1. The molecule has 1 aliphatic carbocycles. The van der Waals surface area contributed by atoms with Crippen LogP contribution in [-0.4, -0.2) is 50.8 Å². The van der Waals surface area contributed by atoms with Crippen molar-refractivity contribution in [1.29, 1.82) is 0 Å². The molecule has 156 valence electrons. The summed E-state index contributed by atoms with van der Waals surface area (Å²) in [5.74, 6) is 0.410. The predicted molar refractivity (Wildman–Crippen MR) is 115 cm³/mol. The third kappa shape index (κ3) is 4.43. The maximum absolute atomic E-state index is 11.2. The maximum Gasteiger partial charge on any atom is 0.267 e. The van der Waals surface area contributed by atoms with Crippen LogP contribution in [0.2, 0.25) is 0 Å². The van der Waals surface area contributed by atoms with E-state index in [-0.39, 0.29) is 12.6 Å². The Kier molecular flexibility index (Phi) is 6.23. The van der Waals surface area contributed by atoms with Gasteiger partial charge in [0.15, 0.2) is 0 Å². The molecule has 2 aromatic carbocycles. The summed E-state index contributed by atoms with van der Waals surface area (Å²) in [5.41, 5.74) is 7.08. The number of aromatic amines is 1. The van der Waals surface area contributed by atoms with Gasteiger partial charge in [-0.3, -0.25) is 14.9 Å². The number of hydrogen-bond acceptors (Lipinski definition) is 5. The zero-order valence-electron chi connectivity index (χ0n) is 16.7. The van der Waals surface area contributed by atoms with E-state index in [9.17, 15) is 9.90 Å². The predicted octanol–water partition coefficient (Wildman–Crippen LogP) is 2.61. The van der Waals surface area contributed by atoms with Gasteiger partial charge in [-0.1, -0.05) is 30.3 Å². The second-order valence-corrected chi connectivity index (χ2v) is 7.53. The minimum absolute atomic E-state index is 0.114. The Morgan fingerprint density at radius 2 is 2.13 bits per heavy atom. The average Bonchev–Trinajstić information content (AvgIpc) is 3.38. The third-order valence-electron chi connectivity index (χ3n) is 5.65. The molecule has 0 spiro atoms. The fourth-order valence-electron chi connectivity index (χ4n) is 4.23. The zero-order chi connectivity index (χ0) is 20.9. The molecule has 4 rings (SSSR count). The van der Waals surface area contributed by atoms with Gasteiger partial charge in [-0.05, 0) is 47.7 Å². The summed E-state index contributed by atoms with van der Waals surface area (Å²) in [4.78, 5) is 21.6. The number of aromatic nitrogens is 2. The first-order valence-electron chi connectivity index (χ1n) is 10.2. The smallest absolute Gasteiger partial charge is 0.267 e. The molecule has 0 bridgehead atoms. The highest BCUT2D eigenvalue weighted by Crippen LogP contribution is 2.36. The van der Waals surface area contributed by atoms with Crippen LogP contribution in [0.1, 0.15) is 35.0 Å². The number of nitrogens with one attached hydrogen (secondary N) is 2. The number of para-hydroxylation sites is 2. The van der Waals surface area contributed by atoms with Gasteiger partial charge in [0.2, 0.25) is 0 Å². The van der Waals surface area contributed by atoms with Crippen LogP contribution in [0.4, 0.5) is 0 Å². The van der Waals surface area contributed by atoms with Crippen LogP contribution < -0.4 is 5.48 Å². The number of carbonyl (C=O) groups excluding carboxylic acids is 1. The van der Waals surface area contributed by atoms with Gasteiger partial charge in [-0.25, -0.2) is 10.5 Å². The van der Waals surface area contributed by atoms with Crippen LogP contribution in [0.15, 0.2) is 48.5 Å². The van der Waals surface area contributed by atoms with E-state index in [4.69, 9.17) is 5.21 Å². The summed E-state index contributed by atoms with van der Waals surface area (Å²) in [7, 11) is 0. The minimum atomic E-state index is -0.548. The van der Waals surface area contributed by atoms with E-state index in [2.05, 4.69) is 27.0 Å². The first kappa shape index (κ1) is 20.3. The van der Waals surface area contributed by atoms with Crippen molar-refractivity contribution in [2.24, 2.45) is 0 Å². The molecule has 30 heavy (non-hydrogen) atoms. The molecule has 0 aliphatic heterocycles.